The van der Waals surface area contributed by atoms with Crippen molar-refractivity contribution in [1.29, 1.82) is 0 Å². The van der Waals surface area contributed by atoms with Crippen LogP contribution in [0.25, 0.3) is 22.4 Å². The van der Waals surface area contributed by atoms with Crippen molar-refractivity contribution in [3.63, 3.8) is 0 Å². The van der Waals surface area contributed by atoms with Crippen LogP contribution in [0, 0.1) is 0 Å². The molecule has 0 saturated carbocycles. The molecule has 0 fully saturated rings. The van der Waals surface area contributed by atoms with Crippen LogP contribution in [0.5, 0.6) is 0 Å². The molecule has 6 heteroatoms. The van der Waals surface area contributed by atoms with Gasteiger partial charge in [-0.25, -0.2) is 4.98 Å². The summed E-state index contributed by atoms with van der Waals surface area (Å²) in [6, 6.07) is 9.13. The summed E-state index contributed by atoms with van der Waals surface area (Å²) in [5, 5.41) is 0. The predicted octanol–water partition coefficient (Wildman–Crippen LogP) is 1.17. The Kier molecular flexibility index (Phi) is 2.83. The summed E-state index contributed by atoms with van der Waals surface area (Å²) in [6.07, 6.45) is 3.35. The summed E-state index contributed by atoms with van der Waals surface area (Å²) in [5.41, 5.74) is 14.2. The lowest BCUT2D eigenvalue weighted by atomic mass is 10.2. The quantitative estimate of drug-likeness (QED) is 0.695. The number of para-hydroxylation sites is 1. The lowest BCUT2D eigenvalue weighted by molar-refractivity contribution is -0.118. The number of fused-ring (bicyclic) bond motifs is 1. The first kappa shape index (κ1) is 12.2. The van der Waals surface area contributed by atoms with Crippen LogP contribution in [0.4, 0.5) is 5.69 Å². The lowest BCUT2D eigenvalue weighted by Gasteiger charge is -2.06. The second kappa shape index (κ2) is 4.65. The maximum absolute atomic E-state index is 11.3. The molecular weight excluding hydrogens is 254 g/mol. The molecule has 0 saturated heterocycles. The van der Waals surface area contributed by atoms with Gasteiger partial charge in [0.05, 0.1) is 11.2 Å². The predicted molar refractivity (Wildman–Crippen MR) is 76.6 cm³/mol. The fourth-order valence-electron chi connectivity index (χ4n) is 2.21. The number of aromatic nitrogens is 3. The first-order valence-electron chi connectivity index (χ1n) is 6.10. The van der Waals surface area contributed by atoms with Crippen molar-refractivity contribution in [1.82, 2.24) is 14.5 Å². The van der Waals surface area contributed by atoms with E-state index in [1.54, 1.807) is 23.0 Å². The standard InChI is InChI=1S/C14H13N5O/c15-10-2-1-3-11-13(10)18-14(19(11)8-12(16)20)9-4-6-17-7-5-9/h1-7H,8,15H2,(H2,16,20). The van der Waals surface area contributed by atoms with Crippen LogP contribution in [0.2, 0.25) is 0 Å². The van der Waals surface area contributed by atoms with Crippen LogP contribution >= 0.6 is 0 Å². The van der Waals surface area contributed by atoms with Gasteiger partial charge in [0.15, 0.2) is 0 Å². The summed E-state index contributed by atoms with van der Waals surface area (Å²) in [6.45, 7) is 0.0532. The van der Waals surface area contributed by atoms with Gasteiger partial charge in [-0.1, -0.05) is 6.07 Å². The number of hydrogen-bond donors (Lipinski definition) is 2. The Morgan fingerprint density at radius 2 is 1.95 bits per heavy atom. The van der Waals surface area contributed by atoms with E-state index in [-0.39, 0.29) is 6.54 Å². The smallest absolute Gasteiger partial charge is 0.237 e. The molecular formula is C14H13N5O. The summed E-state index contributed by atoms with van der Waals surface area (Å²) >= 11 is 0. The van der Waals surface area contributed by atoms with Gasteiger partial charge in [0.25, 0.3) is 0 Å². The van der Waals surface area contributed by atoms with Crippen molar-refractivity contribution >= 4 is 22.6 Å². The number of carbonyl (C=O) groups excluding carboxylic acids is 1. The summed E-state index contributed by atoms with van der Waals surface area (Å²) in [5.74, 6) is 0.223. The van der Waals surface area contributed by atoms with Gasteiger partial charge in [0.1, 0.15) is 17.9 Å². The van der Waals surface area contributed by atoms with Crippen LogP contribution < -0.4 is 11.5 Å². The first-order chi connectivity index (χ1) is 9.66. The minimum atomic E-state index is -0.429. The monoisotopic (exact) mass is 267 g/mol. The fraction of sp³-hybridized carbons (Fsp3) is 0.0714. The van der Waals surface area contributed by atoms with Gasteiger partial charge in [0.2, 0.25) is 5.91 Å². The number of primary amides is 1. The third-order valence-corrected chi connectivity index (χ3v) is 3.06. The highest BCUT2D eigenvalue weighted by Gasteiger charge is 2.15. The number of nitrogens with zero attached hydrogens (tertiary/aromatic N) is 3. The molecule has 0 atom stereocenters. The molecule has 0 spiro atoms. The molecule has 0 aliphatic carbocycles. The van der Waals surface area contributed by atoms with Crippen molar-refractivity contribution in [2.75, 3.05) is 5.73 Å². The van der Waals surface area contributed by atoms with Gasteiger partial charge in [-0.05, 0) is 24.3 Å². The Balaban J connectivity index is 2.30. The molecule has 0 aliphatic rings. The average Bonchev–Trinajstić information content (AvgIpc) is 2.80. The van der Waals surface area contributed by atoms with E-state index in [2.05, 4.69) is 9.97 Å². The van der Waals surface area contributed by atoms with Crippen molar-refractivity contribution < 1.29 is 4.79 Å². The summed E-state index contributed by atoms with van der Waals surface area (Å²) in [7, 11) is 0. The van der Waals surface area contributed by atoms with Gasteiger partial charge in [0, 0.05) is 18.0 Å². The fourth-order valence-corrected chi connectivity index (χ4v) is 2.21. The number of amides is 1. The zero-order chi connectivity index (χ0) is 14.1. The molecule has 1 aromatic carbocycles. The molecule has 0 radical (unpaired) electrons. The lowest BCUT2D eigenvalue weighted by Crippen LogP contribution is -2.19. The third kappa shape index (κ3) is 1.97. The van der Waals surface area contributed by atoms with Crippen molar-refractivity contribution in [3.8, 4) is 11.4 Å². The Hall–Kier alpha value is -2.89. The minimum Gasteiger partial charge on any atom is -0.397 e. The second-order valence-corrected chi connectivity index (χ2v) is 4.44. The van der Waals surface area contributed by atoms with Crippen molar-refractivity contribution in [2.45, 2.75) is 6.54 Å². The molecule has 1 amide bonds. The Morgan fingerprint density at radius 3 is 2.65 bits per heavy atom. The first-order valence-corrected chi connectivity index (χ1v) is 6.10. The van der Waals surface area contributed by atoms with Gasteiger partial charge >= 0.3 is 0 Å². The SMILES string of the molecule is NC(=O)Cn1c(-c2ccncc2)nc2c(N)cccc21. The summed E-state index contributed by atoms with van der Waals surface area (Å²) < 4.78 is 1.77. The Labute approximate surface area is 115 Å². The number of rotatable bonds is 3. The topological polar surface area (TPSA) is 99.8 Å². The van der Waals surface area contributed by atoms with Crippen LogP contribution in [-0.4, -0.2) is 20.4 Å². The number of nitrogen functional groups attached to an aromatic ring is 1. The van der Waals surface area contributed by atoms with E-state index >= 15 is 0 Å². The van der Waals surface area contributed by atoms with E-state index in [0.717, 1.165) is 11.1 Å². The number of carbonyl (C=O) groups is 1. The average molecular weight is 267 g/mol. The number of imidazole rings is 1. The van der Waals surface area contributed by atoms with E-state index in [4.69, 9.17) is 11.5 Å². The maximum atomic E-state index is 11.3. The largest absolute Gasteiger partial charge is 0.397 e. The molecule has 2 aromatic heterocycles. The number of benzene rings is 1. The van der Waals surface area contributed by atoms with Crippen LogP contribution in [0.1, 0.15) is 0 Å². The molecule has 20 heavy (non-hydrogen) atoms. The highest BCUT2D eigenvalue weighted by atomic mass is 16.1. The molecule has 100 valence electrons. The number of nitrogens with two attached hydrogens (primary N) is 2. The molecule has 0 bridgehead atoms. The normalized spacial score (nSPS) is 10.8. The van der Waals surface area contributed by atoms with Crippen molar-refractivity contribution in [2.24, 2.45) is 5.73 Å². The van der Waals surface area contributed by atoms with Crippen LogP contribution in [0.15, 0.2) is 42.7 Å². The van der Waals surface area contributed by atoms with Crippen LogP contribution in [-0.2, 0) is 11.3 Å². The van der Waals surface area contributed by atoms with Gasteiger partial charge in [-0.2, -0.15) is 0 Å². The second-order valence-electron chi connectivity index (χ2n) is 4.44. The molecule has 0 aliphatic heterocycles. The third-order valence-electron chi connectivity index (χ3n) is 3.06. The number of pyridine rings is 1. The highest BCUT2D eigenvalue weighted by Crippen LogP contribution is 2.27. The molecule has 3 aromatic rings. The van der Waals surface area contributed by atoms with E-state index < -0.39 is 5.91 Å². The van der Waals surface area contributed by atoms with E-state index in [9.17, 15) is 4.79 Å². The summed E-state index contributed by atoms with van der Waals surface area (Å²) in [4.78, 5) is 19.8. The molecule has 2 heterocycles. The van der Waals surface area contributed by atoms with Crippen LogP contribution in [0.3, 0.4) is 0 Å². The van der Waals surface area contributed by atoms with Gasteiger partial charge in [-0.15, -0.1) is 0 Å². The molecule has 6 nitrogen and oxygen atoms in total. The van der Waals surface area contributed by atoms with E-state index in [1.165, 1.54) is 0 Å². The van der Waals surface area contributed by atoms with Gasteiger partial charge in [-0.3, -0.25) is 9.78 Å². The highest BCUT2D eigenvalue weighted by molar-refractivity contribution is 5.91. The zero-order valence-electron chi connectivity index (χ0n) is 10.7. The van der Waals surface area contributed by atoms with E-state index in [0.29, 0.717) is 17.0 Å². The zero-order valence-corrected chi connectivity index (χ0v) is 10.7. The number of hydrogen-bond acceptors (Lipinski definition) is 4. The van der Waals surface area contributed by atoms with Crippen molar-refractivity contribution in [3.05, 3.63) is 42.7 Å². The molecule has 4 N–H and O–H groups in total. The molecule has 3 rings (SSSR count). The maximum Gasteiger partial charge on any atom is 0.237 e. The molecule has 0 unspecified atom stereocenters. The van der Waals surface area contributed by atoms with E-state index in [1.807, 2.05) is 24.3 Å². The Bertz CT molecular complexity index is 779. The minimum absolute atomic E-state index is 0.0532. The Morgan fingerprint density at radius 1 is 1.20 bits per heavy atom. The van der Waals surface area contributed by atoms with Gasteiger partial charge < -0.3 is 16.0 Å². The number of anilines is 1.